The molecule has 0 saturated carbocycles. The summed E-state index contributed by atoms with van der Waals surface area (Å²) in [5, 5.41) is 0. The van der Waals surface area contributed by atoms with Crippen molar-refractivity contribution in [2.45, 2.75) is 71.8 Å². The van der Waals surface area contributed by atoms with Gasteiger partial charge in [0, 0.05) is 24.8 Å². The van der Waals surface area contributed by atoms with Crippen molar-refractivity contribution in [1.82, 2.24) is 4.90 Å². The van der Waals surface area contributed by atoms with Crippen LogP contribution in [-0.2, 0) is 15.9 Å². The monoisotopic (exact) mass is 362 g/mol. The fourth-order valence-corrected chi connectivity index (χ4v) is 3.68. The average Bonchev–Trinajstić information content (AvgIpc) is 2.88. The first-order valence-electron chi connectivity index (χ1n) is 9.95. The summed E-state index contributed by atoms with van der Waals surface area (Å²) in [6.07, 6.45) is 4.15. The van der Waals surface area contributed by atoms with E-state index in [9.17, 15) is 4.79 Å². The van der Waals surface area contributed by atoms with Crippen LogP contribution in [0.15, 0.2) is 18.2 Å². The third-order valence-electron chi connectivity index (χ3n) is 4.88. The van der Waals surface area contributed by atoms with Gasteiger partial charge in [0.2, 0.25) is 0 Å². The maximum Gasteiger partial charge on any atom is 0.254 e. The summed E-state index contributed by atoms with van der Waals surface area (Å²) in [6.45, 7) is 9.49. The van der Waals surface area contributed by atoms with Crippen LogP contribution >= 0.6 is 0 Å². The predicted octanol–water partition coefficient (Wildman–Crippen LogP) is 3.66. The number of amides is 1. The summed E-state index contributed by atoms with van der Waals surface area (Å²) in [6, 6.07) is 5.99. The van der Waals surface area contributed by atoms with Gasteiger partial charge in [-0.3, -0.25) is 4.79 Å². The lowest BCUT2D eigenvalue weighted by molar-refractivity contribution is -0.146. The first kappa shape index (κ1) is 20.9. The quantitative estimate of drug-likeness (QED) is 0.482. The Labute approximate surface area is 157 Å². The largest absolute Gasteiger partial charge is 0.351 e. The lowest BCUT2D eigenvalue weighted by atomic mass is 9.96. The van der Waals surface area contributed by atoms with Crippen LogP contribution in [0, 0.1) is 0 Å². The first-order valence-corrected chi connectivity index (χ1v) is 9.95. The molecular weight excluding hydrogens is 328 g/mol. The molecule has 0 aliphatic carbocycles. The summed E-state index contributed by atoms with van der Waals surface area (Å²) >= 11 is 0. The van der Waals surface area contributed by atoms with Crippen LogP contribution in [0.5, 0.6) is 0 Å². The normalized spacial score (nSPS) is 17.8. The van der Waals surface area contributed by atoms with E-state index in [2.05, 4.69) is 25.1 Å². The number of ether oxygens (including phenoxy) is 2. The number of hydrogen-bond donors (Lipinski definition) is 1. The van der Waals surface area contributed by atoms with Gasteiger partial charge in [0.15, 0.2) is 6.29 Å². The van der Waals surface area contributed by atoms with Crippen LogP contribution in [0.4, 0.5) is 0 Å². The van der Waals surface area contributed by atoms with Crippen LogP contribution in [0.2, 0.25) is 0 Å². The van der Waals surface area contributed by atoms with E-state index in [1.54, 1.807) is 0 Å². The Morgan fingerprint density at radius 1 is 1.15 bits per heavy atom. The number of rotatable bonds is 11. The van der Waals surface area contributed by atoms with Crippen molar-refractivity contribution in [1.29, 1.82) is 0 Å². The minimum absolute atomic E-state index is 0.0315. The number of hydrogen-bond acceptors (Lipinski definition) is 4. The highest BCUT2D eigenvalue weighted by molar-refractivity contribution is 5.99. The van der Waals surface area contributed by atoms with E-state index >= 15 is 0 Å². The van der Waals surface area contributed by atoms with Crippen molar-refractivity contribution in [2.75, 3.05) is 19.8 Å². The number of aryl methyl sites for hydroxylation is 1. The van der Waals surface area contributed by atoms with Crippen LogP contribution in [0.3, 0.4) is 0 Å². The van der Waals surface area contributed by atoms with Crippen molar-refractivity contribution >= 4 is 5.91 Å². The molecule has 1 aliphatic rings. The highest BCUT2D eigenvalue weighted by Crippen LogP contribution is 2.36. The molecule has 1 amide bonds. The third-order valence-corrected chi connectivity index (χ3v) is 4.88. The zero-order chi connectivity index (χ0) is 19.1. The number of carbonyl (C=O) groups is 1. The van der Waals surface area contributed by atoms with Gasteiger partial charge in [0.1, 0.15) is 0 Å². The second-order valence-electron chi connectivity index (χ2n) is 6.98. The maximum atomic E-state index is 13.1. The van der Waals surface area contributed by atoms with Crippen molar-refractivity contribution < 1.29 is 14.3 Å². The molecule has 5 nitrogen and oxygen atoms in total. The van der Waals surface area contributed by atoms with Crippen molar-refractivity contribution in [3.8, 4) is 0 Å². The van der Waals surface area contributed by atoms with E-state index in [-0.39, 0.29) is 18.0 Å². The van der Waals surface area contributed by atoms with Gasteiger partial charge in [-0.15, -0.1) is 0 Å². The lowest BCUT2D eigenvalue weighted by Crippen LogP contribution is -2.43. The Bertz CT molecular complexity index is 583. The average molecular weight is 363 g/mol. The Balaban J connectivity index is 2.23. The minimum atomic E-state index is -0.423. The Hall–Kier alpha value is -1.43. The van der Waals surface area contributed by atoms with Gasteiger partial charge in [-0.05, 0) is 50.8 Å². The fourth-order valence-electron chi connectivity index (χ4n) is 3.68. The number of nitrogens with two attached hydrogens (primary N) is 1. The van der Waals surface area contributed by atoms with E-state index in [1.165, 1.54) is 18.4 Å². The van der Waals surface area contributed by atoms with Crippen molar-refractivity contribution in [3.05, 3.63) is 34.9 Å². The van der Waals surface area contributed by atoms with Crippen LogP contribution in [-0.4, -0.2) is 42.9 Å². The molecule has 146 valence electrons. The minimum Gasteiger partial charge on any atom is -0.351 e. The molecule has 5 heteroatoms. The zero-order valence-electron chi connectivity index (χ0n) is 16.7. The van der Waals surface area contributed by atoms with Crippen LogP contribution in [0.1, 0.15) is 74.5 Å². The third kappa shape index (κ3) is 4.84. The Morgan fingerprint density at radius 2 is 1.85 bits per heavy atom. The molecule has 0 spiro atoms. The molecule has 2 N–H and O–H groups in total. The molecule has 2 unspecified atom stereocenters. The molecule has 0 saturated heterocycles. The van der Waals surface area contributed by atoms with Crippen LogP contribution < -0.4 is 5.73 Å². The molecule has 1 aromatic carbocycles. The standard InChI is InChI=1S/C21H34N2O3/c1-5-8-9-10-16-11-12-17-18(13-16)21(24)23(20(17)15(4)22)14-19(25-6-2)26-7-3/h11-13,15,19-20H,5-10,14,22H2,1-4H3. The molecule has 0 aromatic heterocycles. The van der Waals surface area contributed by atoms with Gasteiger partial charge < -0.3 is 20.1 Å². The molecule has 2 rings (SSSR count). The van der Waals surface area contributed by atoms with Crippen LogP contribution in [0.25, 0.3) is 0 Å². The van der Waals surface area contributed by atoms with Gasteiger partial charge >= 0.3 is 0 Å². The van der Waals surface area contributed by atoms with E-state index in [0.29, 0.717) is 19.8 Å². The van der Waals surface area contributed by atoms with E-state index in [0.717, 1.165) is 24.0 Å². The van der Waals surface area contributed by atoms with E-state index in [1.807, 2.05) is 25.7 Å². The van der Waals surface area contributed by atoms with E-state index < -0.39 is 6.29 Å². The number of carbonyl (C=O) groups excluding carboxylic acids is 1. The number of unbranched alkanes of at least 4 members (excludes halogenated alkanes) is 2. The fraction of sp³-hybridized carbons (Fsp3) is 0.667. The smallest absolute Gasteiger partial charge is 0.254 e. The number of fused-ring (bicyclic) bond motifs is 1. The Morgan fingerprint density at radius 3 is 2.42 bits per heavy atom. The summed E-state index contributed by atoms with van der Waals surface area (Å²) in [5.41, 5.74) is 9.28. The van der Waals surface area contributed by atoms with Gasteiger partial charge in [0.25, 0.3) is 5.91 Å². The lowest BCUT2D eigenvalue weighted by Gasteiger charge is -2.31. The molecule has 0 radical (unpaired) electrons. The van der Waals surface area contributed by atoms with Gasteiger partial charge in [0.05, 0.1) is 12.6 Å². The second kappa shape index (κ2) is 10.0. The predicted molar refractivity (Wildman–Crippen MR) is 104 cm³/mol. The number of nitrogens with zero attached hydrogens (tertiary/aromatic N) is 1. The number of benzene rings is 1. The summed E-state index contributed by atoms with van der Waals surface area (Å²) in [4.78, 5) is 14.9. The molecule has 1 aromatic rings. The Kier molecular flexibility index (Phi) is 8.07. The SMILES string of the molecule is CCCCCc1ccc2c(c1)C(=O)N(CC(OCC)OCC)C2C(C)N. The summed E-state index contributed by atoms with van der Waals surface area (Å²) in [7, 11) is 0. The molecule has 1 heterocycles. The molecular formula is C21H34N2O3. The summed E-state index contributed by atoms with van der Waals surface area (Å²) in [5.74, 6) is 0.0315. The topological polar surface area (TPSA) is 64.8 Å². The molecule has 0 bridgehead atoms. The molecule has 26 heavy (non-hydrogen) atoms. The van der Waals surface area contributed by atoms with E-state index in [4.69, 9.17) is 15.2 Å². The molecule has 2 atom stereocenters. The highest BCUT2D eigenvalue weighted by atomic mass is 16.7. The van der Waals surface area contributed by atoms with Gasteiger partial charge in [-0.2, -0.15) is 0 Å². The van der Waals surface area contributed by atoms with Crippen molar-refractivity contribution in [2.24, 2.45) is 5.73 Å². The first-order chi connectivity index (χ1) is 12.5. The zero-order valence-corrected chi connectivity index (χ0v) is 16.7. The maximum absolute atomic E-state index is 13.1. The van der Waals surface area contributed by atoms with Gasteiger partial charge in [-0.1, -0.05) is 31.9 Å². The second-order valence-corrected chi connectivity index (χ2v) is 6.98. The molecule has 0 fully saturated rings. The highest BCUT2D eigenvalue weighted by Gasteiger charge is 2.40. The summed E-state index contributed by atoms with van der Waals surface area (Å²) < 4.78 is 11.3. The van der Waals surface area contributed by atoms with Crippen molar-refractivity contribution in [3.63, 3.8) is 0 Å². The van der Waals surface area contributed by atoms with Gasteiger partial charge in [-0.25, -0.2) is 0 Å². The molecule has 1 aliphatic heterocycles.